The van der Waals surface area contributed by atoms with Gasteiger partial charge in [-0.1, -0.05) is 36.4 Å². The standard InChI is InChI=1S/C31H33N3O2/c1-3-34-28-11-5-4-8-23(28)26-18-20(13-15-29(26)34)30-24-10-6-9-22(24)25-19-21(12-14-27(25)33-30)31(35)32-16-7-17-36-2/h4-6,8-9,11-15,18-19,22,24,30,33H,3,7,10,16-17H2,1-2H3,(H,32,35). The molecule has 6 rings (SSSR count). The van der Waals surface area contributed by atoms with E-state index in [1.54, 1.807) is 7.11 Å². The number of amides is 1. The topological polar surface area (TPSA) is 55.3 Å². The van der Waals surface area contributed by atoms with Crippen molar-refractivity contribution in [2.75, 3.05) is 25.6 Å². The first-order valence-electron chi connectivity index (χ1n) is 13.0. The third-order valence-electron chi connectivity index (χ3n) is 7.91. The first-order chi connectivity index (χ1) is 17.7. The van der Waals surface area contributed by atoms with Crippen molar-refractivity contribution in [1.82, 2.24) is 9.88 Å². The Bertz CT molecular complexity index is 1470. The number of allylic oxidation sites excluding steroid dienone is 2. The Labute approximate surface area is 212 Å². The summed E-state index contributed by atoms with van der Waals surface area (Å²) in [6.07, 6.45) is 6.48. The van der Waals surface area contributed by atoms with Crippen molar-refractivity contribution in [1.29, 1.82) is 0 Å². The van der Waals surface area contributed by atoms with Gasteiger partial charge in [0.05, 0.1) is 6.04 Å². The van der Waals surface area contributed by atoms with Crippen LogP contribution in [0.5, 0.6) is 0 Å². The van der Waals surface area contributed by atoms with Crippen LogP contribution >= 0.6 is 0 Å². The molecule has 5 nitrogen and oxygen atoms in total. The number of ether oxygens (including phenoxy) is 1. The maximum Gasteiger partial charge on any atom is 0.251 e. The van der Waals surface area contributed by atoms with Crippen molar-refractivity contribution < 1.29 is 9.53 Å². The van der Waals surface area contributed by atoms with Crippen molar-refractivity contribution in [3.8, 4) is 0 Å². The highest BCUT2D eigenvalue weighted by Gasteiger charge is 2.38. The summed E-state index contributed by atoms with van der Waals surface area (Å²) in [6, 6.07) is 22.0. The van der Waals surface area contributed by atoms with Crippen LogP contribution in [-0.4, -0.2) is 30.7 Å². The Kier molecular flexibility index (Phi) is 6.02. The maximum atomic E-state index is 12.7. The normalized spacial score (nSPS) is 20.3. The molecular weight excluding hydrogens is 446 g/mol. The van der Waals surface area contributed by atoms with Crippen LogP contribution in [0, 0.1) is 5.92 Å². The number of nitrogens with zero attached hydrogens (tertiary/aromatic N) is 1. The highest BCUT2D eigenvalue weighted by molar-refractivity contribution is 6.08. The van der Waals surface area contributed by atoms with Crippen molar-refractivity contribution in [3.63, 3.8) is 0 Å². The number of rotatable bonds is 7. The van der Waals surface area contributed by atoms with E-state index < -0.39 is 0 Å². The Balaban J connectivity index is 1.33. The van der Waals surface area contributed by atoms with E-state index in [-0.39, 0.29) is 11.9 Å². The predicted molar refractivity (Wildman–Crippen MR) is 147 cm³/mol. The fourth-order valence-corrected chi connectivity index (χ4v) is 6.19. The van der Waals surface area contributed by atoms with E-state index in [0.29, 0.717) is 25.0 Å². The lowest BCUT2D eigenvalue weighted by atomic mass is 9.76. The smallest absolute Gasteiger partial charge is 0.251 e. The van der Waals surface area contributed by atoms with Crippen molar-refractivity contribution in [2.45, 2.75) is 38.3 Å². The zero-order valence-corrected chi connectivity index (χ0v) is 21.0. The van der Waals surface area contributed by atoms with E-state index in [4.69, 9.17) is 4.74 Å². The van der Waals surface area contributed by atoms with E-state index in [2.05, 4.69) is 88.9 Å². The number of aryl methyl sites for hydroxylation is 1. The number of hydrogen-bond acceptors (Lipinski definition) is 3. The number of para-hydroxylation sites is 1. The summed E-state index contributed by atoms with van der Waals surface area (Å²) < 4.78 is 7.48. The predicted octanol–water partition coefficient (Wildman–Crippen LogP) is 6.41. The van der Waals surface area contributed by atoms with Crippen LogP contribution in [-0.2, 0) is 11.3 Å². The minimum atomic E-state index is -0.0210. The number of benzene rings is 3. The molecule has 0 saturated heterocycles. The van der Waals surface area contributed by atoms with E-state index in [0.717, 1.165) is 30.6 Å². The fraction of sp³-hybridized carbons (Fsp3) is 0.323. The molecule has 0 spiro atoms. The Morgan fingerprint density at radius 3 is 2.81 bits per heavy atom. The molecule has 4 aromatic rings. The number of nitrogens with one attached hydrogen (secondary N) is 2. The second-order valence-corrected chi connectivity index (χ2v) is 9.92. The van der Waals surface area contributed by atoms with Gasteiger partial charge in [-0.15, -0.1) is 0 Å². The number of aromatic nitrogens is 1. The molecule has 3 aromatic carbocycles. The molecule has 1 aromatic heterocycles. The van der Waals surface area contributed by atoms with Gasteiger partial charge < -0.3 is 19.9 Å². The minimum absolute atomic E-state index is 0.0210. The number of hydrogen-bond donors (Lipinski definition) is 2. The average Bonchev–Trinajstić information content (AvgIpc) is 3.53. The Morgan fingerprint density at radius 1 is 1.08 bits per heavy atom. The van der Waals surface area contributed by atoms with Gasteiger partial charge in [0.1, 0.15) is 0 Å². The second-order valence-electron chi connectivity index (χ2n) is 9.92. The van der Waals surface area contributed by atoms with E-state index in [1.165, 1.54) is 32.9 Å². The van der Waals surface area contributed by atoms with Gasteiger partial charge in [-0.05, 0) is 73.2 Å². The van der Waals surface area contributed by atoms with Crippen LogP contribution < -0.4 is 10.6 Å². The van der Waals surface area contributed by atoms with Crippen LogP contribution in [0.15, 0.2) is 72.8 Å². The molecule has 3 unspecified atom stereocenters. The molecule has 2 heterocycles. The quantitative estimate of drug-likeness (QED) is 0.238. The molecule has 2 aliphatic rings. The summed E-state index contributed by atoms with van der Waals surface area (Å²) in [5.41, 5.74) is 6.98. The molecule has 1 aliphatic carbocycles. The molecule has 0 radical (unpaired) electrons. The summed E-state index contributed by atoms with van der Waals surface area (Å²) in [5.74, 6) is 0.710. The van der Waals surface area contributed by atoms with Crippen LogP contribution in [0.1, 0.15) is 53.2 Å². The van der Waals surface area contributed by atoms with E-state index in [9.17, 15) is 4.79 Å². The summed E-state index contributed by atoms with van der Waals surface area (Å²) in [5, 5.41) is 9.50. The summed E-state index contributed by atoms with van der Waals surface area (Å²) in [4.78, 5) is 12.7. The van der Waals surface area contributed by atoms with Gasteiger partial charge in [0.25, 0.3) is 5.91 Å². The van der Waals surface area contributed by atoms with Gasteiger partial charge in [0.2, 0.25) is 0 Å². The zero-order chi connectivity index (χ0) is 24.6. The number of carbonyl (C=O) groups excluding carboxylic acids is 1. The lowest BCUT2D eigenvalue weighted by molar-refractivity contribution is 0.0948. The monoisotopic (exact) mass is 479 g/mol. The molecule has 1 amide bonds. The average molecular weight is 480 g/mol. The first kappa shape index (κ1) is 22.9. The first-order valence-corrected chi connectivity index (χ1v) is 13.0. The Morgan fingerprint density at radius 2 is 1.94 bits per heavy atom. The molecule has 3 atom stereocenters. The molecule has 1 aliphatic heterocycles. The van der Waals surface area contributed by atoms with Gasteiger partial charge in [0, 0.05) is 65.8 Å². The van der Waals surface area contributed by atoms with Crippen LogP contribution in [0.3, 0.4) is 0 Å². The van der Waals surface area contributed by atoms with Gasteiger partial charge in [-0.3, -0.25) is 4.79 Å². The van der Waals surface area contributed by atoms with Crippen molar-refractivity contribution in [2.24, 2.45) is 5.92 Å². The SMILES string of the molecule is CCn1c2ccccc2c2cc(C3Nc4ccc(C(=O)NCCCOC)cc4C4C=CCC43)ccc21. The Hall–Kier alpha value is -3.57. The van der Waals surface area contributed by atoms with Crippen LogP contribution in [0.4, 0.5) is 5.69 Å². The molecule has 2 N–H and O–H groups in total. The summed E-state index contributed by atoms with van der Waals surface area (Å²) in [7, 11) is 1.68. The lowest BCUT2D eigenvalue weighted by Gasteiger charge is -2.37. The molecule has 0 saturated carbocycles. The lowest BCUT2D eigenvalue weighted by Crippen LogP contribution is -2.30. The number of carbonyl (C=O) groups is 1. The molecule has 0 bridgehead atoms. The van der Waals surface area contributed by atoms with Crippen LogP contribution in [0.2, 0.25) is 0 Å². The molecular formula is C31H33N3O2. The molecule has 5 heteroatoms. The number of anilines is 1. The van der Waals surface area contributed by atoms with E-state index >= 15 is 0 Å². The highest BCUT2D eigenvalue weighted by Crippen LogP contribution is 2.50. The highest BCUT2D eigenvalue weighted by atomic mass is 16.5. The van der Waals surface area contributed by atoms with E-state index in [1.807, 2.05) is 6.07 Å². The molecule has 184 valence electrons. The third-order valence-corrected chi connectivity index (χ3v) is 7.91. The van der Waals surface area contributed by atoms with Crippen LogP contribution in [0.25, 0.3) is 21.8 Å². The van der Waals surface area contributed by atoms with Gasteiger partial charge in [0.15, 0.2) is 0 Å². The van der Waals surface area contributed by atoms with Gasteiger partial charge in [-0.25, -0.2) is 0 Å². The largest absolute Gasteiger partial charge is 0.385 e. The maximum absolute atomic E-state index is 12.7. The summed E-state index contributed by atoms with van der Waals surface area (Å²) >= 11 is 0. The van der Waals surface area contributed by atoms with Gasteiger partial charge >= 0.3 is 0 Å². The van der Waals surface area contributed by atoms with Crippen molar-refractivity contribution >= 4 is 33.4 Å². The second kappa shape index (κ2) is 9.47. The fourth-order valence-electron chi connectivity index (χ4n) is 6.19. The minimum Gasteiger partial charge on any atom is -0.385 e. The number of methoxy groups -OCH3 is 1. The van der Waals surface area contributed by atoms with Gasteiger partial charge in [-0.2, -0.15) is 0 Å². The number of fused-ring (bicyclic) bond motifs is 6. The zero-order valence-electron chi connectivity index (χ0n) is 21.0. The third kappa shape index (κ3) is 3.79. The summed E-state index contributed by atoms with van der Waals surface area (Å²) in [6.45, 7) is 4.43. The molecule has 0 fully saturated rings. The van der Waals surface area contributed by atoms with Crippen molar-refractivity contribution in [3.05, 3.63) is 89.5 Å². The molecule has 36 heavy (non-hydrogen) atoms.